The van der Waals surface area contributed by atoms with E-state index in [0.29, 0.717) is 0 Å². The molecule has 9 aromatic carbocycles. The van der Waals surface area contributed by atoms with Crippen LogP contribution in [0.2, 0.25) is 0 Å². The zero-order valence-corrected chi connectivity index (χ0v) is 29.8. The molecule has 0 N–H and O–H groups in total. The van der Waals surface area contributed by atoms with Gasteiger partial charge in [-0.25, -0.2) is 0 Å². The molecule has 0 amide bonds. The van der Waals surface area contributed by atoms with Crippen molar-refractivity contribution in [3.8, 4) is 33.4 Å². The topological polar surface area (TPSA) is 29.5 Å². The van der Waals surface area contributed by atoms with Crippen LogP contribution in [0.4, 0.5) is 17.1 Å². The third-order valence-corrected chi connectivity index (χ3v) is 10.9. The highest BCUT2D eigenvalue weighted by Crippen LogP contribution is 2.46. The van der Waals surface area contributed by atoms with Gasteiger partial charge in [0.1, 0.15) is 22.3 Å². The van der Waals surface area contributed by atoms with Gasteiger partial charge < -0.3 is 13.7 Å². The second kappa shape index (κ2) is 12.6. The van der Waals surface area contributed by atoms with Crippen LogP contribution in [0.15, 0.2) is 209 Å². The van der Waals surface area contributed by atoms with Crippen molar-refractivity contribution in [1.29, 1.82) is 0 Å². The zero-order valence-electron chi connectivity index (χ0n) is 29.8. The molecule has 0 aliphatic carbocycles. The molecule has 3 heteroatoms. The van der Waals surface area contributed by atoms with E-state index in [0.717, 1.165) is 83.2 Å². The molecule has 0 radical (unpaired) electrons. The fraction of sp³-hybridized carbons (Fsp3) is 0. The van der Waals surface area contributed by atoms with Crippen molar-refractivity contribution in [1.82, 2.24) is 0 Å². The number of nitrogens with zero attached hydrogens (tertiary/aromatic N) is 1. The number of benzene rings is 9. The molecule has 11 rings (SSSR count). The standard InChI is InChI=1S/C52H33NO2/c1-2-12-37-31-39(28-27-34(37)11-1)36-25-23-35(24-26-36)38-13-9-14-40(32-38)53(41-29-30-44-43-16-4-7-20-48(43)55-51(44)33-41)47-19-6-3-15-42(47)45-18-10-22-50-52(45)46-17-5-8-21-49(46)54-50/h1-33H. The van der Waals surface area contributed by atoms with Gasteiger partial charge in [-0.15, -0.1) is 0 Å². The number of rotatable bonds is 6. The summed E-state index contributed by atoms with van der Waals surface area (Å²) in [5, 5.41) is 6.92. The Morgan fingerprint density at radius 3 is 1.75 bits per heavy atom. The summed E-state index contributed by atoms with van der Waals surface area (Å²) in [6.07, 6.45) is 0. The minimum Gasteiger partial charge on any atom is -0.456 e. The third-order valence-electron chi connectivity index (χ3n) is 10.9. The first-order valence-electron chi connectivity index (χ1n) is 18.7. The SMILES string of the molecule is c1cc(-c2ccc(-c3ccc4ccccc4c3)cc2)cc(N(c2ccc3c(c2)oc2ccccc23)c2ccccc2-c2cccc3oc4ccccc4c23)c1. The first-order valence-corrected chi connectivity index (χ1v) is 18.7. The number of furan rings is 2. The van der Waals surface area contributed by atoms with Gasteiger partial charge in [-0.3, -0.25) is 0 Å². The monoisotopic (exact) mass is 703 g/mol. The Bertz CT molecular complexity index is 3220. The molecule has 0 spiro atoms. The average Bonchev–Trinajstić information content (AvgIpc) is 3.82. The van der Waals surface area contributed by atoms with Gasteiger partial charge in [0.2, 0.25) is 0 Å². The van der Waals surface area contributed by atoms with E-state index >= 15 is 0 Å². The van der Waals surface area contributed by atoms with E-state index in [9.17, 15) is 0 Å². The lowest BCUT2D eigenvalue weighted by Crippen LogP contribution is -2.11. The van der Waals surface area contributed by atoms with E-state index in [1.165, 1.54) is 21.9 Å². The molecule has 0 aliphatic heterocycles. The van der Waals surface area contributed by atoms with Gasteiger partial charge >= 0.3 is 0 Å². The minimum atomic E-state index is 0.851. The number of para-hydroxylation sites is 3. The molecule has 258 valence electrons. The van der Waals surface area contributed by atoms with Crippen LogP contribution in [0.25, 0.3) is 88.0 Å². The van der Waals surface area contributed by atoms with Crippen LogP contribution in [-0.4, -0.2) is 0 Å². The molecule has 2 aromatic heterocycles. The summed E-state index contributed by atoms with van der Waals surface area (Å²) in [6.45, 7) is 0. The molecule has 0 bridgehead atoms. The Hall–Kier alpha value is -7.36. The highest BCUT2D eigenvalue weighted by Gasteiger charge is 2.21. The van der Waals surface area contributed by atoms with Crippen LogP contribution in [0.5, 0.6) is 0 Å². The number of fused-ring (bicyclic) bond motifs is 7. The fourth-order valence-electron chi connectivity index (χ4n) is 8.22. The van der Waals surface area contributed by atoms with Gasteiger partial charge in [-0.05, 0) is 93.2 Å². The molecule has 0 saturated heterocycles. The predicted molar refractivity (Wildman–Crippen MR) is 229 cm³/mol. The van der Waals surface area contributed by atoms with Gasteiger partial charge in [0, 0.05) is 44.5 Å². The molecule has 2 heterocycles. The summed E-state index contributed by atoms with van der Waals surface area (Å²) in [5.41, 5.74) is 13.5. The fourth-order valence-corrected chi connectivity index (χ4v) is 8.22. The van der Waals surface area contributed by atoms with Crippen LogP contribution in [0.1, 0.15) is 0 Å². The summed E-state index contributed by atoms with van der Waals surface area (Å²) in [5.74, 6) is 0. The van der Waals surface area contributed by atoms with E-state index in [-0.39, 0.29) is 0 Å². The molecular weight excluding hydrogens is 671 g/mol. The largest absolute Gasteiger partial charge is 0.456 e. The van der Waals surface area contributed by atoms with Gasteiger partial charge in [-0.2, -0.15) is 0 Å². The molecular formula is C52H33NO2. The van der Waals surface area contributed by atoms with Crippen LogP contribution in [-0.2, 0) is 0 Å². The van der Waals surface area contributed by atoms with Crippen molar-refractivity contribution in [2.75, 3.05) is 4.90 Å². The molecule has 11 aromatic rings. The smallest absolute Gasteiger partial charge is 0.137 e. The van der Waals surface area contributed by atoms with Crippen molar-refractivity contribution in [2.24, 2.45) is 0 Å². The molecule has 0 atom stereocenters. The van der Waals surface area contributed by atoms with E-state index in [1.807, 2.05) is 24.3 Å². The second-order valence-corrected chi connectivity index (χ2v) is 14.1. The summed E-state index contributed by atoms with van der Waals surface area (Å²) >= 11 is 0. The van der Waals surface area contributed by atoms with Gasteiger partial charge in [0.25, 0.3) is 0 Å². The summed E-state index contributed by atoms with van der Waals surface area (Å²) in [6, 6.07) is 71.1. The molecule has 0 saturated carbocycles. The predicted octanol–water partition coefficient (Wildman–Crippen LogP) is 15.1. The quantitative estimate of drug-likeness (QED) is 0.173. The maximum atomic E-state index is 6.45. The number of hydrogen-bond acceptors (Lipinski definition) is 3. The Labute approximate surface area is 317 Å². The number of hydrogen-bond donors (Lipinski definition) is 0. The average molecular weight is 704 g/mol. The lowest BCUT2D eigenvalue weighted by molar-refractivity contribution is 0.668. The Kier molecular flexibility index (Phi) is 7.17. The van der Waals surface area contributed by atoms with E-state index in [4.69, 9.17) is 8.83 Å². The molecule has 0 aliphatic rings. The maximum Gasteiger partial charge on any atom is 0.137 e. The minimum absolute atomic E-state index is 0.851. The molecule has 3 nitrogen and oxygen atoms in total. The Morgan fingerprint density at radius 1 is 0.309 bits per heavy atom. The van der Waals surface area contributed by atoms with E-state index < -0.39 is 0 Å². The van der Waals surface area contributed by atoms with Crippen molar-refractivity contribution in [2.45, 2.75) is 0 Å². The maximum absolute atomic E-state index is 6.45. The number of anilines is 3. The van der Waals surface area contributed by atoms with Crippen molar-refractivity contribution in [3.63, 3.8) is 0 Å². The Morgan fingerprint density at radius 2 is 0.891 bits per heavy atom. The lowest BCUT2D eigenvalue weighted by Gasteiger charge is -2.28. The molecule has 0 unspecified atom stereocenters. The van der Waals surface area contributed by atoms with Crippen molar-refractivity contribution in [3.05, 3.63) is 200 Å². The van der Waals surface area contributed by atoms with Crippen LogP contribution in [0, 0.1) is 0 Å². The summed E-state index contributed by atoms with van der Waals surface area (Å²) < 4.78 is 12.8. The Balaban J connectivity index is 1.07. The van der Waals surface area contributed by atoms with Gasteiger partial charge in [-0.1, -0.05) is 140 Å². The third kappa shape index (κ3) is 5.28. The normalized spacial score (nSPS) is 11.6. The first-order chi connectivity index (χ1) is 27.2. The van der Waals surface area contributed by atoms with E-state index in [1.54, 1.807) is 0 Å². The van der Waals surface area contributed by atoms with Crippen molar-refractivity contribution < 1.29 is 8.83 Å². The highest BCUT2D eigenvalue weighted by atomic mass is 16.3. The van der Waals surface area contributed by atoms with E-state index in [2.05, 4.69) is 181 Å². The van der Waals surface area contributed by atoms with Crippen molar-refractivity contribution >= 4 is 71.7 Å². The lowest BCUT2D eigenvalue weighted by atomic mass is 9.96. The summed E-state index contributed by atoms with van der Waals surface area (Å²) in [7, 11) is 0. The molecule has 0 fully saturated rings. The van der Waals surface area contributed by atoms with Gasteiger partial charge in [0.15, 0.2) is 0 Å². The summed E-state index contributed by atoms with van der Waals surface area (Å²) in [4.78, 5) is 2.36. The van der Waals surface area contributed by atoms with Crippen LogP contribution >= 0.6 is 0 Å². The van der Waals surface area contributed by atoms with Crippen LogP contribution < -0.4 is 4.90 Å². The van der Waals surface area contributed by atoms with Crippen LogP contribution in [0.3, 0.4) is 0 Å². The molecule has 55 heavy (non-hydrogen) atoms. The zero-order chi connectivity index (χ0) is 36.3. The first kappa shape index (κ1) is 31.2. The highest BCUT2D eigenvalue weighted by molar-refractivity contribution is 6.14. The van der Waals surface area contributed by atoms with Gasteiger partial charge in [0.05, 0.1) is 5.69 Å². The second-order valence-electron chi connectivity index (χ2n) is 14.1.